The Bertz CT molecular complexity index is 698. The summed E-state index contributed by atoms with van der Waals surface area (Å²) in [6.07, 6.45) is 2.95. The second-order valence-electron chi connectivity index (χ2n) is 5.31. The molecule has 1 aliphatic rings. The van der Waals surface area contributed by atoms with Gasteiger partial charge in [0.15, 0.2) is 0 Å². The fourth-order valence-corrected chi connectivity index (χ4v) is 3.03. The molecule has 1 aliphatic carbocycles. The van der Waals surface area contributed by atoms with Crippen LogP contribution in [0.4, 0.5) is 0 Å². The molecule has 0 atom stereocenters. The highest BCUT2D eigenvalue weighted by Gasteiger charge is 2.19. The van der Waals surface area contributed by atoms with E-state index in [2.05, 4.69) is 30.3 Å². The highest BCUT2D eigenvalue weighted by molar-refractivity contribution is 5.87. The number of aryl methyl sites for hydroxylation is 1. The third-order valence-corrected chi connectivity index (χ3v) is 3.97. The normalized spacial score (nSPS) is 14.0. The minimum absolute atomic E-state index is 0.634. The Kier molecular flexibility index (Phi) is 3.98. The number of methoxy groups -OCH3 is 1. The molecule has 2 aromatic rings. The van der Waals surface area contributed by atoms with Crippen molar-refractivity contribution in [3.63, 3.8) is 0 Å². The van der Waals surface area contributed by atoms with E-state index in [1.54, 1.807) is 7.11 Å². The molecule has 0 aliphatic heterocycles. The average molecular weight is 278 g/mol. The lowest BCUT2D eigenvalue weighted by atomic mass is 9.82. The van der Waals surface area contributed by atoms with Crippen LogP contribution in [0.5, 0.6) is 0 Å². The summed E-state index contributed by atoms with van der Waals surface area (Å²) >= 11 is 0. The van der Waals surface area contributed by atoms with Crippen molar-refractivity contribution < 1.29 is 9.53 Å². The number of rotatable bonds is 4. The van der Waals surface area contributed by atoms with Gasteiger partial charge in [-0.05, 0) is 46.7 Å². The zero-order chi connectivity index (χ0) is 14.7. The minimum atomic E-state index is 0.634. The number of fused-ring (bicyclic) bond motifs is 1. The SMILES string of the molecule is COCC1=C(c2cccc(C=O)c2)c2ccccc2CC1. The van der Waals surface area contributed by atoms with Crippen molar-refractivity contribution in [3.8, 4) is 0 Å². The van der Waals surface area contributed by atoms with Gasteiger partial charge in [0.05, 0.1) is 6.61 Å². The van der Waals surface area contributed by atoms with Gasteiger partial charge in [-0.25, -0.2) is 0 Å². The van der Waals surface area contributed by atoms with Crippen molar-refractivity contribution >= 4 is 11.9 Å². The maximum absolute atomic E-state index is 11.1. The molecule has 3 rings (SSSR count). The van der Waals surface area contributed by atoms with Crippen LogP contribution in [-0.2, 0) is 11.2 Å². The first kappa shape index (κ1) is 13.8. The zero-order valence-corrected chi connectivity index (χ0v) is 12.1. The molecule has 21 heavy (non-hydrogen) atoms. The summed E-state index contributed by atoms with van der Waals surface area (Å²) in [6, 6.07) is 16.3. The minimum Gasteiger partial charge on any atom is -0.380 e. The summed E-state index contributed by atoms with van der Waals surface area (Å²) in [7, 11) is 1.73. The monoisotopic (exact) mass is 278 g/mol. The summed E-state index contributed by atoms with van der Waals surface area (Å²) < 4.78 is 5.38. The fourth-order valence-electron chi connectivity index (χ4n) is 3.03. The lowest BCUT2D eigenvalue weighted by Crippen LogP contribution is -2.10. The van der Waals surface area contributed by atoms with Gasteiger partial charge in [0.1, 0.15) is 6.29 Å². The first-order valence-corrected chi connectivity index (χ1v) is 7.18. The molecule has 0 amide bonds. The van der Waals surface area contributed by atoms with Crippen LogP contribution >= 0.6 is 0 Å². The van der Waals surface area contributed by atoms with E-state index in [-0.39, 0.29) is 0 Å². The Morgan fingerprint density at radius 2 is 1.95 bits per heavy atom. The van der Waals surface area contributed by atoms with Crippen molar-refractivity contribution in [3.05, 3.63) is 76.4 Å². The second kappa shape index (κ2) is 6.06. The Morgan fingerprint density at radius 1 is 1.10 bits per heavy atom. The predicted octanol–water partition coefficient (Wildman–Crippen LogP) is 3.89. The molecular formula is C19H18O2. The molecule has 2 aromatic carbocycles. The van der Waals surface area contributed by atoms with E-state index < -0.39 is 0 Å². The first-order valence-electron chi connectivity index (χ1n) is 7.18. The lowest BCUT2D eigenvalue weighted by Gasteiger charge is -2.24. The van der Waals surface area contributed by atoms with E-state index in [0.29, 0.717) is 12.2 Å². The van der Waals surface area contributed by atoms with Crippen LogP contribution in [0.2, 0.25) is 0 Å². The summed E-state index contributed by atoms with van der Waals surface area (Å²) in [5, 5.41) is 0. The molecule has 0 saturated heterocycles. The van der Waals surface area contributed by atoms with Crippen LogP contribution < -0.4 is 0 Å². The molecule has 0 radical (unpaired) electrons. The lowest BCUT2D eigenvalue weighted by molar-refractivity contribution is 0.112. The van der Waals surface area contributed by atoms with Gasteiger partial charge in [0.25, 0.3) is 0 Å². The van der Waals surface area contributed by atoms with Crippen LogP contribution in [0, 0.1) is 0 Å². The van der Waals surface area contributed by atoms with Gasteiger partial charge < -0.3 is 4.74 Å². The van der Waals surface area contributed by atoms with Crippen LogP contribution in [-0.4, -0.2) is 20.0 Å². The Balaban J connectivity index is 2.19. The number of aldehydes is 1. The predicted molar refractivity (Wildman–Crippen MR) is 84.5 cm³/mol. The number of hydrogen-bond donors (Lipinski definition) is 0. The van der Waals surface area contributed by atoms with Gasteiger partial charge in [0.2, 0.25) is 0 Å². The van der Waals surface area contributed by atoms with Gasteiger partial charge in [-0.2, -0.15) is 0 Å². The molecule has 0 aromatic heterocycles. The highest BCUT2D eigenvalue weighted by atomic mass is 16.5. The fraction of sp³-hybridized carbons (Fsp3) is 0.211. The number of carbonyl (C=O) groups excluding carboxylic acids is 1. The van der Waals surface area contributed by atoms with E-state index in [1.807, 2.05) is 18.2 Å². The number of ether oxygens (including phenoxy) is 1. The molecule has 0 fully saturated rings. The average Bonchev–Trinajstić information content (AvgIpc) is 2.55. The van der Waals surface area contributed by atoms with Crippen LogP contribution in [0.1, 0.15) is 33.5 Å². The summed E-state index contributed by atoms with van der Waals surface area (Å²) in [6.45, 7) is 0.634. The first-order chi connectivity index (χ1) is 10.3. The van der Waals surface area contributed by atoms with E-state index >= 15 is 0 Å². The molecule has 0 N–H and O–H groups in total. The van der Waals surface area contributed by atoms with Crippen LogP contribution in [0.3, 0.4) is 0 Å². The Morgan fingerprint density at radius 3 is 2.76 bits per heavy atom. The molecule has 0 heterocycles. The van der Waals surface area contributed by atoms with E-state index in [4.69, 9.17) is 4.74 Å². The highest BCUT2D eigenvalue weighted by Crippen LogP contribution is 2.36. The second-order valence-corrected chi connectivity index (χ2v) is 5.31. The number of benzene rings is 2. The van der Waals surface area contributed by atoms with Gasteiger partial charge in [-0.3, -0.25) is 4.79 Å². The van der Waals surface area contributed by atoms with Crippen molar-refractivity contribution in [2.75, 3.05) is 13.7 Å². The maximum Gasteiger partial charge on any atom is 0.150 e. The Hall–Kier alpha value is -2.19. The van der Waals surface area contributed by atoms with Crippen molar-refractivity contribution in [2.45, 2.75) is 12.8 Å². The maximum atomic E-state index is 11.1. The van der Waals surface area contributed by atoms with Crippen LogP contribution in [0.25, 0.3) is 5.57 Å². The van der Waals surface area contributed by atoms with Crippen LogP contribution in [0.15, 0.2) is 54.1 Å². The topological polar surface area (TPSA) is 26.3 Å². The summed E-state index contributed by atoms with van der Waals surface area (Å²) in [5.74, 6) is 0. The molecule has 106 valence electrons. The molecule has 2 nitrogen and oxygen atoms in total. The molecular weight excluding hydrogens is 260 g/mol. The molecule has 0 spiro atoms. The molecule has 2 heteroatoms. The quantitative estimate of drug-likeness (QED) is 0.793. The van der Waals surface area contributed by atoms with Crippen molar-refractivity contribution in [2.24, 2.45) is 0 Å². The van der Waals surface area contributed by atoms with Gasteiger partial charge >= 0.3 is 0 Å². The van der Waals surface area contributed by atoms with E-state index in [0.717, 1.165) is 24.7 Å². The third kappa shape index (κ3) is 2.67. The molecule has 0 unspecified atom stereocenters. The largest absolute Gasteiger partial charge is 0.380 e. The van der Waals surface area contributed by atoms with Gasteiger partial charge in [-0.15, -0.1) is 0 Å². The standard InChI is InChI=1S/C19H18O2/c1-21-13-17-10-9-15-6-2-3-8-18(15)19(17)16-7-4-5-14(11-16)12-20/h2-8,11-12H,9-10,13H2,1H3. The number of hydrogen-bond acceptors (Lipinski definition) is 2. The molecule has 0 bridgehead atoms. The summed E-state index contributed by atoms with van der Waals surface area (Å²) in [5.41, 5.74) is 6.96. The Labute approximate surface area is 125 Å². The van der Waals surface area contributed by atoms with E-state index in [1.165, 1.54) is 22.3 Å². The van der Waals surface area contributed by atoms with Crippen molar-refractivity contribution in [1.82, 2.24) is 0 Å². The third-order valence-electron chi connectivity index (χ3n) is 3.97. The smallest absolute Gasteiger partial charge is 0.150 e. The van der Waals surface area contributed by atoms with Crippen molar-refractivity contribution in [1.29, 1.82) is 0 Å². The van der Waals surface area contributed by atoms with Gasteiger partial charge in [-0.1, -0.05) is 42.5 Å². The number of carbonyl (C=O) groups is 1. The zero-order valence-electron chi connectivity index (χ0n) is 12.1. The van der Waals surface area contributed by atoms with Gasteiger partial charge in [0, 0.05) is 12.7 Å². The summed E-state index contributed by atoms with van der Waals surface area (Å²) in [4.78, 5) is 11.1. The van der Waals surface area contributed by atoms with E-state index in [9.17, 15) is 4.79 Å². The molecule has 0 saturated carbocycles.